The van der Waals surface area contributed by atoms with Crippen LogP contribution in [0.25, 0.3) is 0 Å². The van der Waals surface area contributed by atoms with Crippen LogP contribution in [0.2, 0.25) is 0 Å². The van der Waals surface area contributed by atoms with Gasteiger partial charge in [0, 0.05) is 73.9 Å². The van der Waals surface area contributed by atoms with Gasteiger partial charge in [-0.3, -0.25) is 50.0 Å². The zero-order valence-corrected chi connectivity index (χ0v) is 42.5. The quantitative estimate of drug-likeness (QED) is 0.0286. The molecule has 8 aromatic carbocycles. The summed E-state index contributed by atoms with van der Waals surface area (Å²) in [5.41, 5.74) is 3.08. The number of rotatable bonds is 16. The van der Waals surface area contributed by atoms with Crippen molar-refractivity contribution in [3.05, 3.63) is 254 Å². The fraction of sp³-hybridized carbons (Fsp3) is 0.138. The Labute approximate surface area is 454 Å². The molecule has 0 atom stereocenters. The monoisotopic (exact) mass is 1080 g/mol. The lowest BCUT2D eigenvalue weighted by atomic mass is 9.90. The molecular weight excluding hydrogens is 1030 g/mol. The van der Waals surface area contributed by atoms with Crippen molar-refractivity contribution in [3.8, 4) is 23.0 Å². The van der Waals surface area contributed by atoms with E-state index in [1.807, 2.05) is 84.9 Å². The molecule has 0 saturated heterocycles. The Morgan fingerprint density at radius 1 is 0.400 bits per heavy atom. The Hall–Kier alpha value is -10.9. The van der Waals surface area contributed by atoms with Crippen molar-refractivity contribution in [1.82, 2.24) is 0 Å². The third-order valence-corrected chi connectivity index (χ3v) is 12.6. The van der Waals surface area contributed by atoms with E-state index in [1.54, 1.807) is 36.4 Å². The van der Waals surface area contributed by atoms with Crippen LogP contribution in [0.3, 0.4) is 0 Å². The van der Waals surface area contributed by atoms with E-state index in [-0.39, 0.29) is 73.1 Å². The number of non-ortho nitro benzene ring substituents is 2. The van der Waals surface area contributed by atoms with Crippen molar-refractivity contribution in [1.29, 1.82) is 0 Å². The molecule has 22 heteroatoms. The molecular formula is C58H44N8O14. The van der Waals surface area contributed by atoms with Gasteiger partial charge in [-0.15, -0.1) is 10.2 Å². The van der Waals surface area contributed by atoms with Crippen LogP contribution in [0.1, 0.15) is 69.5 Å². The molecule has 22 nitrogen and oxygen atoms in total. The van der Waals surface area contributed by atoms with E-state index in [0.717, 1.165) is 47.5 Å². The van der Waals surface area contributed by atoms with Gasteiger partial charge < -0.3 is 18.9 Å². The normalized spacial score (nSPS) is 11.9. The molecule has 0 saturated carbocycles. The van der Waals surface area contributed by atoms with E-state index >= 15 is 0 Å². The molecule has 1 aliphatic rings. The highest BCUT2D eigenvalue weighted by molar-refractivity contribution is 5.74. The van der Waals surface area contributed by atoms with Gasteiger partial charge in [0.1, 0.15) is 36.2 Å². The highest BCUT2D eigenvalue weighted by atomic mass is 16.6. The van der Waals surface area contributed by atoms with Crippen LogP contribution in [0.15, 0.2) is 178 Å². The average Bonchev–Trinajstić information content (AvgIpc) is 3.46. The third kappa shape index (κ3) is 12.8. The van der Waals surface area contributed by atoms with E-state index in [4.69, 9.17) is 18.9 Å². The van der Waals surface area contributed by atoms with Crippen LogP contribution < -0.4 is 18.9 Å². The van der Waals surface area contributed by atoms with Crippen molar-refractivity contribution in [2.24, 2.45) is 20.5 Å². The van der Waals surface area contributed by atoms with Gasteiger partial charge in [0.2, 0.25) is 0 Å². The molecule has 1 aliphatic carbocycles. The van der Waals surface area contributed by atoms with E-state index in [1.165, 1.54) is 13.8 Å². The van der Waals surface area contributed by atoms with Gasteiger partial charge in [-0.1, -0.05) is 97.1 Å². The molecule has 0 aromatic heterocycles. The maximum atomic E-state index is 13.2. The zero-order chi connectivity index (χ0) is 56.5. The molecule has 0 heterocycles. The summed E-state index contributed by atoms with van der Waals surface area (Å²) < 4.78 is 25.7. The number of nitro groups is 4. The fourth-order valence-electron chi connectivity index (χ4n) is 9.08. The van der Waals surface area contributed by atoms with E-state index in [0.29, 0.717) is 56.0 Å². The Morgan fingerprint density at radius 3 is 1.04 bits per heavy atom. The van der Waals surface area contributed by atoms with Crippen LogP contribution in [0, 0.1) is 40.5 Å². The van der Waals surface area contributed by atoms with Crippen molar-refractivity contribution in [3.63, 3.8) is 0 Å². The fourth-order valence-corrected chi connectivity index (χ4v) is 9.08. The van der Waals surface area contributed by atoms with Gasteiger partial charge in [-0.25, -0.2) is 0 Å². The Morgan fingerprint density at radius 2 is 0.738 bits per heavy atom. The molecule has 80 heavy (non-hydrogen) atoms. The number of azo groups is 2. The lowest BCUT2D eigenvalue weighted by Crippen LogP contribution is -2.11. The molecule has 9 rings (SSSR count). The second kappa shape index (κ2) is 24.0. The number of carbonyl (C=O) groups excluding carboxylic acids is 2. The second-order valence-electron chi connectivity index (χ2n) is 18.2. The van der Waals surface area contributed by atoms with Crippen molar-refractivity contribution < 1.29 is 48.2 Å². The highest BCUT2D eigenvalue weighted by Gasteiger charge is 2.26. The number of ether oxygens (including phenoxy) is 4. The molecule has 0 amide bonds. The summed E-state index contributed by atoms with van der Waals surface area (Å²) >= 11 is 0. The summed E-state index contributed by atoms with van der Waals surface area (Å²) in [4.78, 5) is 70.8. The zero-order valence-electron chi connectivity index (χ0n) is 42.5. The van der Waals surface area contributed by atoms with Crippen LogP contribution in [-0.2, 0) is 48.5 Å². The lowest BCUT2D eigenvalue weighted by Gasteiger charge is -2.22. The molecule has 0 N–H and O–H groups in total. The Kier molecular flexibility index (Phi) is 16.2. The maximum absolute atomic E-state index is 13.2. The predicted octanol–water partition coefficient (Wildman–Crippen LogP) is 13.8. The molecule has 0 unspecified atom stereocenters. The predicted molar refractivity (Wildman–Crippen MR) is 289 cm³/mol. The molecule has 8 bridgehead atoms. The minimum atomic E-state index is -0.795. The van der Waals surface area contributed by atoms with Gasteiger partial charge in [-0.05, 0) is 69.8 Å². The van der Waals surface area contributed by atoms with E-state index in [2.05, 4.69) is 20.5 Å². The van der Waals surface area contributed by atoms with Crippen LogP contribution >= 0.6 is 0 Å². The number of hydrogen-bond acceptors (Lipinski definition) is 18. The van der Waals surface area contributed by atoms with Crippen LogP contribution in [-0.4, -0.2) is 31.6 Å². The summed E-state index contributed by atoms with van der Waals surface area (Å²) in [7, 11) is 0. The van der Waals surface area contributed by atoms with E-state index in [9.17, 15) is 50.0 Å². The number of nitro benzene ring substituents is 4. The third-order valence-electron chi connectivity index (χ3n) is 12.6. The summed E-state index contributed by atoms with van der Waals surface area (Å²) in [6, 6.07) is 42.0. The topological polar surface area (TPSA) is 293 Å². The number of hydrogen-bond donors (Lipinski definition) is 0. The second-order valence-corrected chi connectivity index (χ2v) is 18.2. The Balaban J connectivity index is 1.29. The number of esters is 2. The summed E-state index contributed by atoms with van der Waals surface area (Å²) in [6.07, 6.45) is 0.0410. The molecule has 0 radical (unpaired) electrons. The first-order chi connectivity index (χ1) is 38.6. The minimum Gasteiger partial charge on any atom is -0.488 e. The number of carbonyl (C=O) groups is 2. The number of fused-ring (bicyclic) bond motifs is 8. The van der Waals surface area contributed by atoms with Crippen LogP contribution in [0.5, 0.6) is 23.0 Å². The van der Waals surface area contributed by atoms with Gasteiger partial charge in [0.25, 0.3) is 11.4 Å². The average molecular weight is 1080 g/mol. The Bertz CT molecular complexity index is 3490. The first kappa shape index (κ1) is 53.9. The van der Waals surface area contributed by atoms with Gasteiger partial charge >= 0.3 is 23.3 Å². The number of para-hydroxylation sites is 2. The highest BCUT2D eigenvalue weighted by Crippen LogP contribution is 2.43. The number of nitrogens with zero attached hydrogens (tertiary/aromatic N) is 8. The van der Waals surface area contributed by atoms with Crippen molar-refractivity contribution in [2.45, 2.75) is 52.7 Å². The lowest BCUT2D eigenvalue weighted by molar-refractivity contribution is -0.394. The van der Waals surface area contributed by atoms with Crippen molar-refractivity contribution in [2.75, 3.05) is 0 Å². The summed E-state index contributed by atoms with van der Waals surface area (Å²) in [6.45, 7) is 2.69. The molecule has 0 spiro atoms. The SMILES string of the molecule is CC(=O)Oc1c2cc(N=Nc3ccc([N+](=O)[O-])cc3[N+](=O)[O-])cc1Cc1cccc(c1OCc1ccccc1)Cc1cc(N=Nc3ccc([N+](=O)[O-])cc3[N+](=O)[O-])cc(c1OC(C)=O)Cc1cccc(c1OCc1ccccc1)C2. The summed E-state index contributed by atoms with van der Waals surface area (Å²) in [5.74, 6) is -0.164. The largest absolute Gasteiger partial charge is 0.488 e. The van der Waals surface area contributed by atoms with Gasteiger partial charge in [-0.2, -0.15) is 10.2 Å². The van der Waals surface area contributed by atoms with E-state index < -0.39 is 54.4 Å². The van der Waals surface area contributed by atoms with Crippen molar-refractivity contribution >= 4 is 57.4 Å². The first-order valence-electron chi connectivity index (χ1n) is 24.5. The minimum absolute atomic E-state index is 0.0103. The molecule has 0 fully saturated rings. The first-order valence-corrected chi connectivity index (χ1v) is 24.5. The van der Waals surface area contributed by atoms with Gasteiger partial charge in [0.15, 0.2) is 11.4 Å². The molecule has 0 aliphatic heterocycles. The van der Waals surface area contributed by atoms with Crippen LogP contribution in [0.4, 0.5) is 45.5 Å². The molecule has 400 valence electrons. The molecule has 8 aromatic rings. The summed E-state index contributed by atoms with van der Waals surface area (Å²) in [5, 5.41) is 64.8. The standard InChI is InChI=1S/C58H44N8O14/c1-35(67)79-57-43-23-39-15-9-17-41(55(39)77-33-37-11-5-3-6-12-37)25-45-29-48(60-62-52-22-20-50(64(71)72)32-54(52)66(75)76)30-46(58(45)80-36(2)68)26-42-18-10-16-40(56(42)78-34-38-13-7-4-8-14-38)24-44(57)28-47(27-43)59-61-51-21-19-49(63(69)70)31-53(51)65(73)74/h3-22,27-32H,23-26,33-34H2,1-2H3. The van der Waals surface area contributed by atoms with Gasteiger partial charge in [0.05, 0.1) is 43.2 Å². The smallest absolute Gasteiger partial charge is 0.308 e. The maximum Gasteiger partial charge on any atom is 0.308 e. The number of benzene rings is 8.